The van der Waals surface area contributed by atoms with E-state index in [0.717, 1.165) is 12.2 Å². The third-order valence-corrected chi connectivity index (χ3v) is 5.84. The summed E-state index contributed by atoms with van der Waals surface area (Å²) >= 11 is 0. The highest BCUT2D eigenvalue weighted by molar-refractivity contribution is 7.85. The zero-order chi connectivity index (χ0) is 17.6. The van der Waals surface area contributed by atoms with Crippen molar-refractivity contribution in [2.45, 2.75) is 18.2 Å². The number of rotatable bonds is 5. The minimum absolute atomic E-state index is 0.0666. The van der Waals surface area contributed by atoms with Crippen LogP contribution in [0.2, 0.25) is 0 Å². The van der Waals surface area contributed by atoms with Gasteiger partial charge in [0.15, 0.2) is 0 Å². The first-order valence-corrected chi connectivity index (χ1v) is 9.89. The van der Waals surface area contributed by atoms with Gasteiger partial charge in [-0.15, -0.1) is 0 Å². The van der Waals surface area contributed by atoms with Crippen LogP contribution in [0.25, 0.3) is 0 Å². The Morgan fingerprint density at radius 1 is 1.12 bits per heavy atom. The van der Waals surface area contributed by atoms with Crippen molar-refractivity contribution in [2.75, 3.05) is 59.5 Å². The molecule has 3 heterocycles. The monoisotopic (exact) mass is 357 g/mol. The molecule has 3 aliphatic heterocycles. The molecular weight excluding hydrogens is 328 g/mol. The van der Waals surface area contributed by atoms with E-state index in [-0.39, 0.29) is 4.90 Å². The fourth-order valence-electron chi connectivity index (χ4n) is 3.32. The summed E-state index contributed by atoms with van der Waals surface area (Å²) in [4.78, 5) is 2.53. The maximum Gasteiger partial charge on any atom is 0.294 e. The summed E-state index contributed by atoms with van der Waals surface area (Å²) in [5, 5.41) is 0. The van der Waals surface area contributed by atoms with Crippen LogP contribution in [-0.2, 0) is 14.9 Å². The van der Waals surface area contributed by atoms with Crippen LogP contribution in [0.5, 0.6) is 0 Å². The van der Waals surface area contributed by atoms with Crippen LogP contribution in [0.4, 0.5) is 0 Å². The molecule has 3 aliphatic rings. The fraction of sp³-hybridized carbons (Fsp3) is 0.647. The van der Waals surface area contributed by atoms with Gasteiger partial charge in [-0.05, 0) is 19.1 Å². The Labute approximate surface area is 145 Å². The number of aryl methyl sites for hydroxylation is 1. The van der Waals surface area contributed by atoms with Gasteiger partial charge in [-0.2, -0.15) is 8.42 Å². The molecule has 136 valence electrons. The predicted molar refractivity (Wildman–Crippen MR) is 93.7 cm³/mol. The van der Waals surface area contributed by atoms with Crippen LogP contribution in [-0.4, -0.2) is 81.9 Å². The maximum absolute atomic E-state index is 10.5. The van der Waals surface area contributed by atoms with Gasteiger partial charge >= 0.3 is 0 Å². The first kappa shape index (κ1) is 19.3. The second-order valence-corrected chi connectivity index (χ2v) is 8.13. The lowest BCUT2D eigenvalue weighted by Gasteiger charge is -2.50. The van der Waals surface area contributed by atoms with Crippen molar-refractivity contribution in [1.29, 1.82) is 0 Å². The van der Waals surface area contributed by atoms with Crippen LogP contribution in [0, 0.1) is 6.92 Å². The van der Waals surface area contributed by atoms with Crippen LogP contribution < -0.4 is 0 Å². The van der Waals surface area contributed by atoms with Crippen molar-refractivity contribution >= 4 is 10.1 Å². The van der Waals surface area contributed by atoms with Gasteiger partial charge in [-0.1, -0.05) is 17.7 Å². The summed E-state index contributed by atoms with van der Waals surface area (Å²) in [6.45, 7) is 12.2. The molecule has 0 amide bonds. The van der Waals surface area contributed by atoms with Crippen molar-refractivity contribution in [3.8, 4) is 0 Å². The average Bonchev–Trinajstić information content (AvgIpc) is 2.57. The molecule has 3 saturated heterocycles. The van der Waals surface area contributed by atoms with Gasteiger partial charge in [0.2, 0.25) is 0 Å². The topological polar surface area (TPSA) is 66.8 Å². The van der Waals surface area contributed by atoms with Crippen molar-refractivity contribution in [2.24, 2.45) is 0 Å². The number of quaternary nitrogens is 1. The van der Waals surface area contributed by atoms with Crippen LogP contribution >= 0.6 is 0 Å². The molecule has 0 aromatic heterocycles. The molecule has 0 atom stereocenters. The second-order valence-electron chi connectivity index (χ2n) is 6.71. The average molecular weight is 357 g/mol. The van der Waals surface area contributed by atoms with Gasteiger partial charge in [-0.3, -0.25) is 9.45 Å². The molecule has 4 rings (SSSR count). The standard InChI is InChI=1S/C10H21N2O.C7H8O3S/c1-13-10-2-6-12-7-3-11(4-8-12)5-9-12;1-6-2-4-7(5-3-6)11(8,9)10/h2-10H2,1H3;2-5H,1H3,(H,8,9,10)/q+1;. The second kappa shape index (κ2) is 8.40. The zero-order valence-corrected chi connectivity index (χ0v) is 15.5. The van der Waals surface area contributed by atoms with E-state index < -0.39 is 10.1 Å². The Balaban J connectivity index is 0.000000177. The molecule has 0 aliphatic carbocycles. The highest BCUT2D eigenvalue weighted by atomic mass is 32.2. The summed E-state index contributed by atoms with van der Waals surface area (Å²) in [5.41, 5.74) is 0.956. The van der Waals surface area contributed by atoms with E-state index in [1.54, 1.807) is 19.2 Å². The number of fused-ring (bicyclic) bond motifs is 3. The fourth-order valence-corrected chi connectivity index (χ4v) is 3.80. The van der Waals surface area contributed by atoms with E-state index in [0.29, 0.717) is 0 Å². The first-order chi connectivity index (χ1) is 11.3. The van der Waals surface area contributed by atoms with E-state index in [1.807, 2.05) is 6.92 Å². The molecule has 3 fully saturated rings. The Hall–Kier alpha value is -0.990. The van der Waals surface area contributed by atoms with Gasteiger partial charge in [0.25, 0.3) is 10.1 Å². The number of ether oxygens (including phenoxy) is 1. The maximum atomic E-state index is 10.5. The van der Waals surface area contributed by atoms with E-state index >= 15 is 0 Å². The number of benzene rings is 1. The third kappa shape index (κ3) is 5.53. The molecular formula is C17H29N2O4S+. The van der Waals surface area contributed by atoms with E-state index in [4.69, 9.17) is 9.29 Å². The van der Waals surface area contributed by atoms with Crippen molar-refractivity contribution in [3.63, 3.8) is 0 Å². The Morgan fingerprint density at radius 2 is 1.67 bits per heavy atom. The number of hydrogen-bond acceptors (Lipinski definition) is 4. The smallest absolute Gasteiger partial charge is 0.294 e. The molecule has 0 radical (unpaired) electrons. The predicted octanol–water partition coefficient (Wildman–Crippen LogP) is 1.41. The zero-order valence-electron chi connectivity index (χ0n) is 14.6. The van der Waals surface area contributed by atoms with Crippen molar-refractivity contribution < 1.29 is 22.2 Å². The first-order valence-electron chi connectivity index (χ1n) is 8.45. The number of hydrogen-bond donors (Lipinski definition) is 1. The summed E-state index contributed by atoms with van der Waals surface area (Å²) in [7, 11) is -2.22. The minimum atomic E-state index is -4.02. The van der Waals surface area contributed by atoms with E-state index in [9.17, 15) is 8.42 Å². The molecule has 24 heavy (non-hydrogen) atoms. The summed E-state index contributed by atoms with van der Waals surface area (Å²) in [6, 6.07) is 5.99. The van der Waals surface area contributed by atoms with Gasteiger partial charge in [-0.25, -0.2) is 0 Å². The summed E-state index contributed by atoms with van der Waals surface area (Å²) in [6.07, 6.45) is 1.23. The van der Waals surface area contributed by atoms with Gasteiger partial charge in [0.05, 0.1) is 37.7 Å². The quantitative estimate of drug-likeness (QED) is 0.490. The molecule has 1 N–H and O–H groups in total. The largest absolute Gasteiger partial charge is 0.384 e. The van der Waals surface area contributed by atoms with E-state index in [1.165, 1.54) is 68.8 Å². The molecule has 2 bridgehead atoms. The molecule has 0 saturated carbocycles. The molecule has 6 nitrogen and oxygen atoms in total. The molecule has 0 unspecified atom stereocenters. The van der Waals surface area contributed by atoms with E-state index in [2.05, 4.69) is 4.90 Å². The molecule has 1 aromatic carbocycles. The van der Waals surface area contributed by atoms with Crippen LogP contribution in [0.3, 0.4) is 0 Å². The van der Waals surface area contributed by atoms with Gasteiger partial charge < -0.3 is 9.22 Å². The van der Waals surface area contributed by atoms with Crippen LogP contribution in [0.15, 0.2) is 29.2 Å². The lowest BCUT2D eigenvalue weighted by atomic mass is 10.1. The lowest BCUT2D eigenvalue weighted by molar-refractivity contribution is -0.941. The SMILES string of the molecule is COCCC[N+]12CCN(CC1)CC2.Cc1ccc(S(=O)(=O)O)cc1. The lowest BCUT2D eigenvalue weighted by Crippen LogP contribution is -2.67. The number of nitrogens with zero attached hydrogens (tertiary/aromatic N) is 2. The highest BCUT2D eigenvalue weighted by Crippen LogP contribution is 2.19. The Kier molecular flexibility index (Phi) is 6.77. The Bertz CT molecular complexity index is 594. The number of methoxy groups -OCH3 is 1. The van der Waals surface area contributed by atoms with Crippen LogP contribution in [0.1, 0.15) is 12.0 Å². The molecule has 7 heteroatoms. The molecule has 0 spiro atoms. The summed E-state index contributed by atoms with van der Waals surface area (Å²) in [5.74, 6) is 0. The Morgan fingerprint density at radius 3 is 2.12 bits per heavy atom. The third-order valence-electron chi connectivity index (χ3n) is 4.97. The van der Waals surface area contributed by atoms with Crippen molar-refractivity contribution in [1.82, 2.24) is 4.90 Å². The molecule has 1 aromatic rings. The van der Waals surface area contributed by atoms with Gasteiger partial charge in [0.1, 0.15) is 0 Å². The normalized spacial score (nSPS) is 25.9. The number of piperazine rings is 3. The highest BCUT2D eigenvalue weighted by Gasteiger charge is 2.37. The van der Waals surface area contributed by atoms with Crippen molar-refractivity contribution in [3.05, 3.63) is 29.8 Å². The summed E-state index contributed by atoms with van der Waals surface area (Å²) < 4.78 is 36.0. The van der Waals surface area contributed by atoms with Gasteiger partial charge in [0, 0.05) is 33.2 Å². The minimum Gasteiger partial charge on any atom is -0.384 e.